The molecule has 0 fully saturated rings. The second-order valence-corrected chi connectivity index (χ2v) is 8.36. The highest BCUT2D eigenvalue weighted by atomic mass is 32.1. The van der Waals surface area contributed by atoms with E-state index in [1.807, 2.05) is 46.7 Å². The van der Waals surface area contributed by atoms with E-state index in [1.165, 1.54) is 0 Å². The van der Waals surface area contributed by atoms with Crippen molar-refractivity contribution in [2.45, 2.75) is 12.5 Å². The van der Waals surface area contributed by atoms with Crippen LogP contribution in [0.25, 0.3) is 11.3 Å². The number of ether oxygens (including phenoxy) is 2. The largest absolute Gasteiger partial charge is 0.493 e. The van der Waals surface area contributed by atoms with Gasteiger partial charge in [0.05, 0.1) is 20.3 Å². The first-order chi connectivity index (χ1) is 15.7. The van der Waals surface area contributed by atoms with Gasteiger partial charge in [-0.2, -0.15) is 0 Å². The van der Waals surface area contributed by atoms with Gasteiger partial charge in [-0.05, 0) is 53.3 Å². The number of hydrogen-bond donors (Lipinski definition) is 0. The smallest absolute Gasteiger partial charge is 0.276 e. The number of rotatable bonds is 5. The Labute approximate surface area is 189 Å². The van der Waals surface area contributed by atoms with Gasteiger partial charge < -0.3 is 18.9 Å². The van der Waals surface area contributed by atoms with Gasteiger partial charge in [-0.3, -0.25) is 9.78 Å². The summed E-state index contributed by atoms with van der Waals surface area (Å²) >= 11 is 1.62. The molecule has 0 saturated heterocycles. The van der Waals surface area contributed by atoms with E-state index in [0.29, 0.717) is 30.2 Å². The van der Waals surface area contributed by atoms with Gasteiger partial charge in [-0.1, -0.05) is 11.2 Å². The minimum atomic E-state index is -0.243. The molecule has 0 N–H and O–H groups in total. The molecule has 7 nitrogen and oxygen atoms in total. The van der Waals surface area contributed by atoms with Crippen LogP contribution in [0.3, 0.4) is 0 Å². The first kappa shape index (κ1) is 20.3. The number of amides is 1. The third-order valence-corrected chi connectivity index (χ3v) is 6.57. The van der Waals surface area contributed by atoms with Crippen molar-refractivity contribution < 1.29 is 18.8 Å². The van der Waals surface area contributed by atoms with Crippen LogP contribution in [-0.2, 0) is 6.42 Å². The number of thiophene rings is 1. The maximum absolute atomic E-state index is 13.6. The van der Waals surface area contributed by atoms with Crippen molar-refractivity contribution in [2.75, 3.05) is 20.8 Å². The van der Waals surface area contributed by atoms with Gasteiger partial charge in [0.15, 0.2) is 23.0 Å². The Kier molecular flexibility index (Phi) is 5.36. The Morgan fingerprint density at radius 2 is 1.91 bits per heavy atom. The molecule has 32 heavy (non-hydrogen) atoms. The molecule has 8 heteroatoms. The average molecular weight is 448 g/mol. The summed E-state index contributed by atoms with van der Waals surface area (Å²) in [5.74, 6) is 1.69. The van der Waals surface area contributed by atoms with Gasteiger partial charge in [0, 0.05) is 35.4 Å². The maximum atomic E-state index is 13.6. The number of methoxy groups -OCH3 is 2. The molecule has 4 aromatic rings. The van der Waals surface area contributed by atoms with Gasteiger partial charge in [-0.15, -0.1) is 11.3 Å². The van der Waals surface area contributed by atoms with Crippen molar-refractivity contribution in [3.8, 4) is 22.8 Å². The molecule has 1 aromatic carbocycles. The zero-order chi connectivity index (χ0) is 22.1. The van der Waals surface area contributed by atoms with Crippen LogP contribution in [0.4, 0.5) is 0 Å². The van der Waals surface area contributed by atoms with Crippen LogP contribution in [0.1, 0.15) is 32.5 Å². The lowest BCUT2D eigenvalue weighted by molar-refractivity contribution is 0.0686. The summed E-state index contributed by atoms with van der Waals surface area (Å²) in [5, 5.41) is 6.09. The molecule has 4 heterocycles. The van der Waals surface area contributed by atoms with Crippen LogP contribution in [0.2, 0.25) is 0 Å². The predicted octanol–water partition coefficient (Wildman–Crippen LogP) is 4.60. The first-order valence-corrected chi connectivity index (χ1v) is 11.0. The summed E-state index contributed by atoms with van der Waals surface area (Å²) in [5.41, 5.74) is 3.27. The Morgan fingerprint density at radius 3 is 2.62 bits per heavy atom. The molecule has 1 amide bonds. The summed E-state index contributed by atoms with van der Waals surface area (Å²) in [4.78, 5) is 20.5. The van der Waals surface area contributed by atoms with Crippen molar-refractivity contribution in [2.24, 2.45) is 0 Å². The van der Waals surface area contributed by atoms with Crippen LogP contribution in [0, 0.1) is 0 Å². The third-order valence-electron chi connectivity index (χ3n) is 5.64. The predicted molar refractivity (Wildman–Crippen MR) is 120 cm³/mol. The van der Waals surface area contributed by atoms with E-state index in [1.54, 1.807) is 44.0 Å². The summed E-state index contributed by atoms with van der Waals surface area (Å²) < 4.78 is 16.5. The number of aromatic nitrogens is 2. The number of carbonyl (C=O) groups is 1. The minimum Gasteiger partial charge on any atom is -0.493 e. The topological polar surface area (TPSA) is 77.7 Å². The lowest BCUT2D eigenvalue weighted by Crippen LogP contribution is -2.40. The normalized spacial score (nSPS) is 15.3. The molecule has 0 bridgehead atoms. The van der Waals surface area contributed by atoms with E-state index in [0.717, 1.165) is 21.6 Å². The number of fused-ring (bicyclic) bond motifs is 1. The molecule has 0 radical (unpaired) electrons. The molecule has 1 unspecified atom stereocenters. The standard InChI is InChI=1S/C24H21N3O4S/c1-29-20-12-16-7-10-27(23(22-4-3-11-32-22)17(16)13-21(20)30-2)24(28)18-14-19(31-26-18)15-5-8-25-9-6-15/h3-6,8-9,11-14,23H,7,10H2,1-2H3. The highest BCUT2D eigenvalue weighted by molar-refractivity contribution is 7.10. The molecular formula is C24H21N3O4S. The molecule has 3 aromatic heterocycles. The average Bonchev–Trinajstić information content (AvgIpc) is 3.55. The van der Waals surface area contributed by atoms with Crippen molar-refractivity contribution in [1.29, 1.82) is 0 Å². The van der Waals surface area contributed by atoms with E-state index in [9.17, 15) is 4.79 Å². The van der Waals surface area contributed by atoms with Gasteiger partial charge in [0.25, 0.3) is 5.91 Å². The first-order valence-electron chi connectivity index (χ1n) is 10.2. The Bertz CT molecular complexity index is 1240. The van der Waals surface area contributed by atoms with Crippen LogP contribution < -0.4 is 9.47 Å². The molecular weight excluding hydrogens is 426 g/mol. The summed E-state index contributed by atoms with van der Waals surface area (Å²) in [6.07, 6.45) is 4.06. The minimum absolute atomic E-state index is 0.173. The number of hydrogen-bond acceptors (Lipinski definition) is 7. The molecule has 1 atom stereocenters. The van der Waals surface area contributed by atoms with Crippen LogP contribution >= 0.6 is 11.3 Å². The fourth-order valence-corrected chi connectivity index (χ4v) is 4.95. The number of pyridine rings is 1. The highest BCUT2D eigenvalue weighted by Crippen LogP contribution is 2.42. The summed E-state index contributed by atoms with van der Waals surface area (Å²) in [6, 6.07) is 13.1. The zero-order valence-corrected chi connectivity index (χ0v) is 18.5. The molecule has 1 aliphatic heterocycles. The second-order valence-electron chi connectivity index (χ2n) is 7.38. The SMILES string of the molecule is COc1cc2c(cc1OC)C(c1cccs1)N(C(=O)c1cc(-c3ccncc3)on1)CC2. The molecule has 162 valence electrons. The van der Waals surface area contributed by atoms with Gasteiger partial charge in [-0.25, -0.2) is 0 Å². The third kappa shape index (κ3) is 3.52. The fourth-order valence-electron chi connectivity index (χ4n) is 4.09. The van der Waals surface area contributed by atoms with Gasteiger partial charge in [0.1, 0.15) is 0 Å². The van der Waals surface area contributed by atoms with Crippen molar-refractivity contribution in [1.82, 2.24) is 15.0 Å². The second kappa shape index (κ2) is 8.47. The van der Waals surface area contributed by atoms with Crippen LogP contribution in [0.15, 0.2) is 64.8 Å². The Balaban J connectivity index is 1.54. The van der Waals surface area contributed by atoms with E-state index < -0.39 is 0 Å². The molecule has 5 rings (SSSR count). The number of carbonyl (C=O) groups excluding carboxylic acids is 1. The lowest BCUT2D eigenvalue weighted by Gasteiger charge is -2.37. The molecule has 0 aliphatic carbocycles. The summed E-state index contributed by atoms with van der Waals surface area (Å²) in [7, 11) is 3.25. The van der Waals surface area contributed by atoms with Gasteiger partial charge >= 0.3 is 0 Å². The molecule has 0 saturated carbocycles. The van der Waals surface area contributed by atoms with E-state index >= 15 is 0 Å². The van der Waals surface area contributed by atoms with E-state index in [4.69, 9.17) is 14.0 Å². The van der Waals surface area contributed by atoms with Crippen LogP contribution in [0.5, 0.6) is 11.5 Å². The molecule has 0 spiro atoms. The number of nitrogens with zero attached hydrogens (tertiary/aromatic N) is 3. The fraction of sp³-hybridized carbons (Fsp3) is 0.208. The lowest BCUT2D eigenvalue weighted by atomic mass is 9.90. The summed E-state index contributed by atoms with van der Waals surface area (Å²) in [6.45, 7) is 0.557. The Hall–Kier alpha value is -3.65. The zero-order valence-electron chi connectivity index (χ0n) is 17.6. The van der Waals surface area contributed by atoms with Crippen molar-refractivity contribution in [3.05, 3.63) is 81.9 Å². The Morgan fingerprint density at radius 1 is 1.12 bits per heavy atom. The van der Waals surface area contributed by atoms with Crippen molar-refractivity contribution in [3.63, 3.8) is 0 Å². The van der Waals surface area contributed by atoms with E-state index in [2.05, 4.69) is 10.1 Å². The molecule has 1 aliphatic rings. The number of benzene rings is 1. The monoisotopic (exact) mass is 447 g/mol. The maximum Gasteiger partial charge on any atom is 0.276 e. The quantitative estimate of drug-likeness (QED) is 0.445. The van der Waals surface area contributed by atoms with Gasteiger partial charge in [0.2, 0.25) is 0 Å². The van der Waals surface area contributed by atoms with Crippen molar-refractivity contribution >= 4 is 17.2 Å². The van der Waals surface area contributed by atoms with Crippen LogP contribution in [-0.4, -0.2) is 41.7 Å². The highest BCUT2D eigenvalue weighted by Gasteiger charge is 2.35. The van der Waals surface area contributed by atoms with E-state index in [-0.39, 0.29) is 17.6 Å².